The molecule has 8 heteroatoms. The smallest absolute Gasteiger partial charge is 0.251 e. The molecule has 0 radical (unpaired) electrons. The quantitative estimate of drug-likeness (QED) is 0.797. The van der Waals surface area contributed by atoms with Gasteiger partial charge < -0.3 is 10.1 Å². The summed E-state index contributed by atoms with van der Waals surface area (Å²) in [5.41, 5.74) is 0.932. The van der Waals surface area contributed by atoms with Crippen molar-refractivity contribution in [2.24, 2.45) is 0 Å². The maximum absolute atomic E-state index is 12.5. The molecule has 0 aliphatic carbocycles. The highest BCUT2D eigenvalue weighted by molar-refractivity contribution is 7.89. The Kier molecular flexibility index (Phi) is 5.97. The fraction of sp³-hybridized carbons (Fsp3) is 0.333. The Labute approximate surface area is 152 Å². The van der Waals surface area contributed by atoms with Crippen LogP contribution in [-0.4, -0.2) is 38.6 Å². The topological polar surface area (TPSA) is 97.4 Å². The Morgan fingerprint density at radius 1 is 1.15 bits per heavy atom. The first-order valence-electron chi connectivity index (χ1n) is 8.43. The predicted molar refractivity (Wildman–Crippen MR) is 96.0 cm³/mol. The molecule has 1 fully saturated rings. The van der Waals surface area contributed by atoms with Gasteiger partial charge in [0.05, 0.1) is 17.1 Å². The monoisotopic (exact) mass is 375 g/mol. The van der Waals surface area contributed by atoms with Crippen LogP contribution < -0.4 is 10.0 Å². The first-order valence-corrected chi connectivity index (χ1v) is 9.91. The summed E-state index contributed by atoms with van der Waals surface area (Å²) in [6, 6.07) is 11.4. The minimum absolute atomic E-state index is 0.0491. The van der Waals surface area contributed by atoms with Crippen molar-refractivity contribution in [2.75, 3.05) is 13.2 Å². The van der Waals surface area contributed by atoms with E-state index in [0.717, 1.165) is 12.8 Å². The number of carbonyl (C=O) groups excluding carboxylic acids is 1. The van der Waals surface area contributed by atoms with Crippen molar-refractivity contribution in [1.29, 1.82) is 0 Å². The molecule has 1 aliphatic rings. The van der Waals surface area contributed by atoms with Crippen LogP contribution in [0.15, 0.2) is 53.6 Å². The number of rotatable bonds is 6. The summed E-state index contributed by atoms with van der Waals surface area (Å²) in [5, 5.41) is 2.93. The van der Waals surface area contributed by atoms with Crippen LogP contribution in [0.5, 0.6) is 0 Å². The molecule has 3 rings (SSSR count). The van der Waals surface area contributed by atoms with Crippen LogP contribution in [0.4, 0.5) is 0 Å². The fourth-order valence-electron chi connectivity index (χ4n) is 2.67. The molecule has 0 bridgehead atoms. The molecule has 2 N–H and O–H groups in total. The maximum atomic E-state index is 12.5. The average Bonchev–Trinajstić information content (AvgIpc) is 2.68. The fourth-order valence-corrected chi connectivity index (χ4v) is 3.71. The summed E-state index contributed by atoms with van der Waals surface area (Å²) in [5.74, 6) is -0.279. The van der Waals surface area contributed by atoms with E-state index >= 15 is 0 Å². The second-order valence-electron chi connectivity index (χ2n) is 6.03. The Bertz CT molecular complexity index is 850. The van der Waals surface area contributed by atoms with Crippen LogP contribution in [0.25, 0.3) is 0 Å². The summed E-state index contributed by atoms with van der Waals surface area (Å²) >= 11 is 0. The highest BCUT2D eigenvalue weighted by Gasteiger charge is 2.19. The molecule has 7 nitrogen and oxygen atoms in total. The number of benzene rings is 1. The minimum atomic E-state index is -3.74. The second-order valence-corrected chi connectivity index (χ2v) is 7.80. The van der Waals surface area contributed by atoms with Gasteiger partial charge in [0, 0.05) is 31.0 Å². The van der Waals surface area contributed by atoms with Gasteiger partial charge in [0.2, 0.25) is 10.0 Å². The van der Waals surface area contributed by atoms with E-state index in [4.69, 9.17) is 4.74 Å². The van der Waals surface area contributed by atoms with E-state index in [1.54, 1.807) is 36.5 Å². The van der Waals surface area contributed by atoms with E-state index in [9.17, 15) is 13.2 Å². The number of hydrogen-bond donors (Lipinski definition) is 2. The van der Waals surface area contributed by atoms with Crippen molar-refractivity contribution in [3.05, 3.63) is 59.9 Å². The lowest BCUT2D eigenvalue weighted by molar-refractivity contribution is 0.0696. The summed E-state index contributed by atoms with van der Waals surface area (Å²) in [6.45, 7) is 1.33. The van der Waals surface area contributed by atoms with Gasteiger partial charge in [-0.05, 0) is 43.2 Å². The van der Waals surface area contributed by atoms with Crippen LogP contribution in [0, 0.1) is 0 Å². The van der Waals surface area contributed by atoms with Gasteiger partial charge >= 0.3 is 0 Å². The molecule has 2 aromatic rings. The van der Waals surface area contributed by atoms with Gasteiger partial charge in [-0.2, -0.15) is 0 Å². The summed E-state index contributed by atoms with van der Waals surface area (Å²) in [6.07, 6.45) is 3.12. The number of aromatic nitrogens is 1. The highest BCUT2D eigenvalue weighted by Crippen LogP contribution is 2.13. The lowest BCUT2D eigenvalue weighted by atomic mass is 10.1. The summed E-state index contributed by atoms with van der Waals surface area (Å²) in [4.78, 5) is 16.5. The van der Waals surface area contributed by atoms with E-state index in [-0.39, 0.29) is 23.4 Å². The Morgan fingerprint density at radius 3 is 2.69 bits per heavy atom. The lowest BCUT2D eigenvalue weighted by Crippen LogP contribution is -2.39. The molecule has 26 heavy (non-hydrogen) atoms. The molecular weight excluding hydrogens is 354 g/mol. The number of carbonyl (C=O) groups is 1. The maximum Gasteiger partial charge on any atom is 0.251 e. The molecule has 138 valence electrons. The summed E-state index contributed by atoms with van der Waals surface area (Å²) in [7, 11) is -3.74. The number of nitrogens with zero attached hydrogens (tertiary/aromatic N) is 1. The molecule has 1 aromatic heterocycles. The zero-order valence-electron chi connectivity index (χ0n) is 14.2. The molecule has 0 spiro atoms. The van der Waals surface area contributed by atoms with E-state index in [0.29, 0.717) is 24.5 Å². The zero-order chi connectivity index (χ0) is 18.4. The molecule has 2 heterocycles. The Morgan fingerprint density at radius 2 is 1.96 bits per heavy atom. The molecule has 0 unspecified atom stereocenters. The third-order valence-corrected chi connectivity index (χ3v) is 5.53. The number of hydrogen-bond acceptors (Lipinski definition) is 5. The van der Waals surface area contributed by atoms with Gasteiger partial charge in [-0.15, -0.1) is 0 Å². The van der Waals surface area contributed by atoms with E-state index in [1.165, 1.54) is 12.1 Å². The number of nitrogens with one attached hydrogen (secondary N) is 2. The van der Waals surface area contributed by atoms with Crippen molar-refractivity contribution >= 4 is 15.9 Å². The average molecular weight is 375 g/mol. The molecule has 1 aliphatic heterocycles. The van der Waals surface area contributed by atoms with Gasteiger partial charge in [-0.3, -0.25) is 9.78 Å². The molecule has 1 aromatic carbocycles. The van der Waals surface area contributed by atoms with E-state index < -0.39 is 10.0 Å². The van der Waals surface area contributed by atoms with Crippen LogP contribution in [-0.2, 0) is 21.3 Å². The number of sulfonamides is 1. The molecule has 0 saturated carbocycles. The van der Waals surface area contributed by atoms with Crippen LogP contribution in [0.2, 0.25) is 0 Å². The normalized spacial score (nSPS) is 15.5. The summed E-state index contributed by atoms with van der Waals surface area (Å²) < 4.78 is 32.7. The molecule has 1 saturated heterocycles. The predicted octanol–water partition coefficient (Wildman–Crippen LogP) is 1.47. The van der Waals surface area contributed by atoms with Crippen LogP contribution in [0.3, 0.4) is 0 Å². The third kappa shape index (κ3) is 4.87. The van der Waals surface area contributed by atoms with Gasteiger partial charge in [-0.1, -0.05) is 12.1 Å². The van der Waals surface area contributed by atoms with Crippen molar-refractivity contribution in [3.8, 4) is 0 Å². The molecule has 0 atom stereocenters. The number of ether oxygens (including phenoxy) is 1. The standard InChI is InChI=1S/C18H21N3O4S/c22-18(21-15-7-10-25-11-8-15)14-4-3-6-17(12-14)26(23,24)20-13-16-5-1-2-9-19-16/h1-6,9,12,15,20H,7-8,10-11,13H2,(H,21,22). The van der Waals surface area contributed by atoms with Crippen molar-refractivity contribution in [1.82, 2.24) is 15.0 Å². The molecular formula is C18H21N3O4S. The third-order valence-electron chi connectivity index (χ3n) is 4.13. The van der Waals surface area contributed by atoms with Crippen LogP contribution in [0.1, 0.15) is 28.9 Å². The lowest BCUT2D eigenvalue weighted by Gasteiger charge is -2.23. The van der Waals surface area contributed by atoms with Crippen molar-refractivity contribution in [2.45, 2.75) is 30.3 Å². The zero-order valence-corrected chi connectivity index (χ0v) is 15.0. The second kappa shape index (κ2) is 8.39. The Balaban J connectivity index is 1.68. The van der Waals surface area contributed by atoms with Crippen LogP contribution >= 0.6 is 0 Å². The Hall–Kier alpha value is -2.29. The van der Waals surface area contributed by atoms with Gasteiger partial charge in [0.25, 0.3) is 5.91 Å². The minimum Gasteiger partial charge on any atom is -0.381 e. The van der Waals surface area contributed by atoms with Gasteiger partial charge in [-0.25, -0.2) is 13.1 Å². The van der Waals surface area contributed by atoms with Crippen molar-refractivity contribution in [3.63, 3.8) is 0 Å². The highest BCUT2D eigenvalue weighted by atomic mass is 32.2. The number of pyridine rings is 1. The van der Waals surface area contributed by atoms with Gasteiger partial charge in [0.15, 0.2) is 0 Å². The SMILES string of the molecule is O=C(NC1CCOCC1)c1cccc(S(=O)(=O)NCc2ccccn2)c1. The first kappa shape index (κ1) is 18.5. The number of amides is 1. The van der Waals surface area contributed by atoms with Gasteiger partial charge in [0.1, 0.15) is 0 Å². The largest absolute Gasteiger partial charge is 0.381 e. The van der Waals surface area contributed by atoms with E-state index in [2.05, 4.69) is 15.0 Å². The first-order chi connectivity index (χ1) is 12.5. The van der Waals surface area contributed by atoms with E-state index in [1.807, 2.05) is 0 Å². The molecule has 1 amide bonds. The van der Waals surface area contributed by atoms with Crippen molar-refractivity contribution < 1.29 is 17.9 Å².